The summed E-state index contributed by atoms with van der Waals surface area (Å²) in [5.41, 5.74) is 1.03. The number of carbonyl (C=O) groups is 1. The lowest BCUT2D eigenvalue weighted by molar-refractivity contribution is -0.122. The molecule has 0 aliphatic heterocycles. The number of amides is 1. The van der Waals surface area contributed by atoms with Gasteiger partial charge in [-0.2, -0.15) is 0 Å². The molecule has 1 N–H and O–H groups in total. The molecule has 25 heavy (non-hydrogen) atoms. The van der Waals surface area contributed by atoms with E-state index >= 15 is 0 Å². The summed E-state index contributed by atoms with van der Waals surface area (Å²) in [7, 11) is 1.66. The average molecular weight is 343 g/mol. The van der Waals surface area contributed by atoms with Gasteiger partial charge in [0.2, 0.25) is 5.91 Å². The quantitative estimate of drug-likeness (QED) is 0.739. The number of nitrogens with one attached hydrogen (secondary N) is 1. The van der Waals surface area contributed by atoms with Crippen LogP contribution >= 0.6 is 0 Å². The summed E-state index contributed by atoms with van der Waals surface area (Å²) in [5, 5.41) is 3.10. The second kappa shape index (κ2) is 8.41. The van der Waals surface area contributed by atoms with Crippen LogP contribution < -0.4 is 14.8 Å². The van der Waals surface area contributed by atoms with Gasteiger partial charge in [0.25, 0.3) is 0 Å². The van der Waals surface area contributed by atoms with Gasteiger partial charge in [-0.15, -0.1) is 0 Å². The summed E-state index contributed by atoms with van der Waals surface area (Å²) in [6.07, 6.45) is 12.1. The summed E-state index contributed by atoms with van der Waals surface area (Å²) in [5.74, 6) is 2.04. The fraction of sp³-hybridized carbons (Fsp3) is 0.571. The van der Waals surface area contributed by atoms with Gasteiger partial charge < -0.3 is 14.8 Å². The Balaban J connectivity index is 1.60. The van der Waals surface area contributed by atoms with E-state index < -0.39 is 0 Å². The standard InChI is InChI=1S/C21H29NO3/c1-15(22-21(23)13-16-7-3-4-8-16)17-11-12-19(20(14-17)24-2)25-18-9-5-6-10-18/h3,7,11-12,14-16,18H,4-6,8-10,13H2,1-2H3,(H,22,23)/t15-,16+/m1/s1. The topological polar surface area (TPSA) is 47.6 Å². The van der Waals surface area contributed by atoms with Gasteiger partial charge in [0, 0.05) is 6.42 Å². The predicted octanol–water partition coefficient (Wildman–Crippen LogP) is 4.55. The third kappa shape index (κ3) is 4.77. The van der Waals surface area contributed by atoms with Crippen molar-refractivity contribution in [3.8, 4) is 11.5 Å². The fourth-order valence-corrected chi connectivity index (χ4v) is 3.72. The lowest BCUT2D eigenvalue weighted by Gasteiger charge is -2.19. The molecule has 1 amide bonds. The van der Waals surface area contributed by atoms with Crippen LogP contribution in [0.5, 0.6) is 11.5 Å². The van der Waals surface area contributed by atoms with Crippen LogP contribution in [0.3, 0.4) is 0 Å². The molecule has 0 aromatic heterocycles. The zero-order chi connectivity index (χ0) is 17.6. The predicted molar refractivity (Wildman–Crippen MR) is 98.9 cm³/mol. The largest absolute Gasteiger partial charge is 0.493 e. The van der Waals surface area contributed by atoms with Crippen molar-refractivity contribution in [1.82, 2.24) is 5.32 Å². The van der Waals surface area contributed by atoms with Crippen molar-refractivity contribution >= 4 is 5.91 Å². The molecule has 4 nitrogen and oxygen atoms in total. The maximum absolute atomic E-state index is 12.2. The first-order chi connectivity index (χ1) is 12.2. The third-order valence-corrected chi connectivity index (χ3v) is 5.22. The maximum atomic E-state index is 12.2. The molecule has 2 atom stereocenters. The summed E-state index contributed by atoms with van der Waals surface area (Å²) in [6, 6.07) is 5.92. The highest BCUT2D eigenvalue weighted by Gasteiger charge is 2.20. The van der Waals surface area contributed by atoms with Crippen LogP contribution in [-0.4, -0.2) is 19.1 Å². The molecule has 1 aromatic carbocycles. The monoisotopic (exact) mass is 343 g/mol. The van der Waals surface area contributed by atoms with Gasteiger partial charge in [0.05, 0.1) is 19.3 Å². The lowest BCUT2D eigenvalue weighted by atomic mass is 10.0. The van der Waals surface area contributed by atoms with Crippen molar-refractivity contribution in [2.75, 3.05) is 7.11 Å². The fourth-order valence-electron chi connectivity index (χ4n) is 3.72. The summed E-state index contributed by atoms with van der Waals surface area (Å²) in [6.45, 7) is 2.01. The average Bonchev–Trinajstić information content (AvgIpc) is 3.29. The molecule has 136 valence electrons. The van der Waals surface area contributed by atoms with E-state index in [1.807, 2.05) is 25.1 Å². The molecule has 2 aliphatic rings. The highest BCUT2D eigenvalue weighted by Crippen LogP contribution is 2.33. The number of hydrogen-bond acceptors (Lipinski definition) is 3. The highest BCUT2D eigenvalue weighted by atomic mass is 16.5. The second-order valence-electron chi connectivity index (χ2n) is 7.19. The maximum Gasteiger partial charge on any atom is 0.221 e. The van der Waals surface area contributed by atoms with E-state index in [9.17, 15) is 4.79 Å². The van der Waals surface area contributed by atoms with Crippen LogP contribution in [0.25, 0.3) is 0 Å². The molecule has 0 heterocycles. The minimum absolute atomic E-state index is 0.0488. The number of carbonyl (C=O) groups excluding carboxylic acids is 1. The van der Waals surface area contributed by atoms with E-state index in [1.54, 1.807) is 7.11 Å². The molecule has 0 bridgehead atoms. The number of ether oxygens (including phenoxy) is 2. The smallest absolute Gasteiger partial charge is 0.221 e. The Kier molecular flexibility index (Phi) is 6.00. The zero-order valence-corrected chi connectivity index (χ0v) is 15.3. The molecule has 3 rings (SSSR count). The molecular formula is C21H29NO3. The van der Waals surface area contributed by atoms with Crippen LogP contribution in [0.4, 0.5) is 0 Å². The van der Waals surface area contributed by atoms with Crippen LogP contribution in [-0.2, 0) is 4.79 Å². The number of allylic oxidation sites excluding steroid dienone is 2. The first kappa shape index (κ1) is 17.8. The van der Waals surface area contributed by atoms with E-state index in [1.165, 1.54) is 12.8 Å². The molecule has 1 aromatic rings. The summed E-state index contributed by atoms with van der Waals surface area (Å²) >= 11 is 0. The molecule has 0 radical (unpaired) electrons. The zero-order valence-electron chi connectivity index (χ0n) is 15.3. The lowest BCUT2D eigenvalue weighted by Crippen LogP contribution is -2.27. The molecule has 2 aliphatic carbocycles. The van der Waals surface area contributed by atoms with E-state index in [0.29, 0.717) is 18.4 Å². The van der Waals surface area contributed by atoms with E-state index in [4.69, 9.17) is 9.47 Å². The molecule has 1 saturated carbocycles. The van der Waals surface area contributed by atoms with Gasteiger partial charge in [-0.1, -0.05) is 18.2 Å². The van der Waals surface area contributed by atoms with Crippen LogP contribution in [0, 0.1) is 5.92 Å². The van der Waals surface area contributed by atoms with Crippen LogP contribution in [0.15, 0.2) is 30.4 Å². The molecule has 0 spiro atoms. The van der Waals surface area contributed by atoms with Gasteiger partial charge in [0.15, 0.2) is 11.5 Å². The van der Waals surface area contributed by atoms with Crippen molar-refractivity contribution in [2.45, 2.75) is 64.0 Å². The van der Waals surface area contributed by atoms with E-state index in [-0.39, 0.29) is 11.9 Å². The Hall–Kier alpha value is -1.97. The number of hydrogen-bond donors (Lipinski definition) is 1. The van der Waals surface area contributed by atoms with E-state index in [0.717, 1.165) is 42.7 Å². The van der Waals surface area contributed by atoms with Gasteiger partial charge in [0.1, 0.15) is 0 Å². The van der Waals surface area contributed by atoms with Crippen molar-refractivity contribution in [3.05, 3.63) is 35.9 Å². The summed E-state index contributed by atoms with van der Waals surface area (Å²) < 4.78 is 11.6. The molecule has 0 unspecified atom stereocenters. The number of methoxy groups -OCH3 is 1. The van der Waals surface area contributed by atoms with Crippen molar-refractivity contribution in [1.29, 1.82) is 0 Å². The number of rotatable bonds is 7. The SMILES string of the molecule is COc1cc([C@@H](C)NC(=O)C[C@H]2C=CCC2)ccc1OC1CCCC1. The Morgan fingerprint density at radius 2 is 2.04 bits per heavy atom. The Morgan fingerprint density at radius 1 is 1.24 bits per heavy atom. The van der Waals surface area contributed by atoms with Crippen molar-refractivity contribution in [2.24, 2.45) is 5.92 Å². The Labute approximate surface area is 150 Å². The Morgan fingerprint density at radius 3 is 2.72 bits per heavy atom. The first-order valence-electron chi connectivity index (χ1n) is 9.46. The van der Waals surface area contributed by atoms with Crippen molar-refractivity contribution in [3.63, 3.8) is 0 Å². The molecule has 4 heteroatoms. The first-order valence-corrected chi connectivity index (χ1v) is 9.46. The van der Waals surface area contributed by atoms with Crippen LogP contribution in [0.2, 0.25) is 0 Å². The molecule has 0 saturated heterocycles. The van der Waals surface area contributed by atoms with Gasteiger partial charge in [-0.25, -0.2) is 0 Å². The van der Waals surface area contributed by atoms with Gasteiger partial charge in [-0.3, -0.25) is 4.79 Å². The normalized spacial score (nSPS) is 21.3. The number of benzene rings is 1. The highest BCUT2D eigenvalue weighted by molar-refractivity contribution is 5.77. The minimum Gasteiger partial charge on any atom is -0.493 e. The van der Waals surface area contributed by atoms with Crippen molar-refractivity contribution < 1.29 is 14.3 Å². The second-order valence-corrected chi connectivity index (χ2v) is 7.19. The Bertz CT molecular complexity index is 620. The summed E-state index contributed by atoms with van der Waals surface area (Å²) in [4.78, 5) is 12.2. The van der Waals surface area contributed by atoms with Crippen LogP contribution in [0.1, 0.15) is 63.5 Å². The third-order valence-electron chi connectivity index (χ3n) is 5.22. The van der Waals surface area contributed by atoms with Gasteiger partial charge >= 0.3 is 0 Å². The van der Waals surface area contributed by atoms with E-state index in [2.05, 4.69) is 17.5 Å². The molecule has 1 fully saturated rings. The van der Waals surface area contributed by atoms with Gasteiger partial charge in [-0.05, 0) is 69.1 Å². The molecular weight excluding hydrogens is 314 g/mol. The minimum atomic E-state index is -0.0488.